The Morgan fingerprint density at radius 1 is 1.17 bits per heavy atom. The fourth-order valence-electron chi connectivity index (χ4n) is 3.10. The molecule has 1 fully saturated rings. The van der Waals surface area contributed by atoms with Crippen LogP contribution in [0.4, 0.5) is 0 Å². The Balaban J connectivity index is 2.05. The van der Waals surface area contributed by atoms with Crippen molar-refractivity contribution in [3.63, 3.8) is 0 Å². The fourth-order valence-corrected chi connectivity index (χ4v) is 4.99. The van der Waals surface area contributed by atoms with Gasteiger partial charge in [0, 0.05) is 19.6 Å². The molecule has 1 aliphatic rings. The van der Waals surface area contributed by atoms with E-state index in [0.717, 1.165) is 5.56 Å². The predicted molar refractivity (Wildman–Crippen MR) is 86.5 cm³/mol. The molecule has 0 radical (unpaired) electrons. The quantitative estimate of drug-likeness (QED) is 0.858. The molecule has 124 valence electrons. The van der Waals surface area contributed by atoms with Gasteiger partial charge in [-0.05, 0) is 26.5 Å². The molecule has 2 aromatic rings. The van der Waals surface area contributed by atoms with E-state index in [9.17, 15) is 8.42 Å². The molecule has 0 aliphatic carbocycles. The van der Waals surface area contributed by atoms with Crippen LogP contribution in [0.2, 0.25) is 0 Å². The topological polar surface area (TPSA) is 66.7 Å². The maximum Gasteiger partial charge on any atom is 0.249 e. The summed E-state index contributed by atoms with van der Waals surface area (Å²) >= 11 is 0. The molecule has 23 heavy (non-hydrogen) atoms. The smallest absolute Gasteiger partial charge is 0.249 e. The van der Waals surface area contributed by atoms with Crippen LogP contribution in [0.1, 0.15) is 23.1 Å². The molecule has 1 aromatic carbocycles. The summed E-state index contributed by atoms with van der Waals surface area (Å²) in [5.41, 5.74) is 1.41. The van der Waals surface area contributed by atoms with Crippen molar-refractivity contribution in [1.82, 2.24) is 14.4 Å². The molecule has 7 heteroatoms. The third-order valence-corrected chi connectivity index (χ3v) is 6.41. The number of aromatic nitrogens is 1. The minimum Gasteiger partial charge on any atom is -0.360 e. The minimum absolute atomic E-state index is 0.197. The Morgan fingerprint density at radius 3 is 2.48 bits per heavy atom. The molecule has 1 atom stereocenters. The summed E-state index contributed by atoms with van der Waals surface area (Å²) in [4.78, 5) is 2.35. The van der Waals surface area contributed by atoms with Crippen molar-refractivity contribution in [3.05, 3.63) is 47.3 Å². The van der Waals surface area contributed by atoms with Gasteiger partial charge in [-0.15, -0.1) is 0 Å². The van der Waals surface area contributed by atoms with Crippen molar-refractivity contribution in [2.45, 2.75) is 24.8 Å². The van der Waals surface area contributed by atoms with E-state index in [0.29, 0.717) is 31.1 Å². The lowest BCUT2D eigenvalue weighted by Gasteiger charge is -2.39. The molecule has 0 spiro atoms. The van der Waals surface area contributed by atoms with Crippen molar-refractivity contribution >= 4 is 10.0 Å². The summed E-state index contributed by atoms with van der Waals surface area (Å²) < 4.78 is 33.0. The van der Waals surface area contributed by atoms with Gasteiger partial charge in [-0.25, -0.2) is 8.42 Å². The van der Waals surface area contributed by atoms with E-state index in [-0.39, 0.29) is 10.9 Å². The van der Waals surface area contributed by atoms with Crippen molar-refractivity contribution in [2.24, 2.45) is 0 Å². The normalized spacial score (nSPS) is 20.7. The molecule has 3 rings (SSSR count). The monoisotopic (exact) mass is 335 g/mol. The third-order valence-electron chi connectivity index (χ3n) is 4.25. The molecular formula is C16H21N3O3S. The van der Waals surface area contributed by atoms with Crippen molar-refractivity contribution in [2.75, 3.05) is 26.7 Å². The summed E-state index contributed by atoms with van der Waals surface area (Å²) in [6, 6.07) is 9.53. The van der Waals surface area contributed by atoms with Gasteiger partial charge in [0.1, 0.15) is 10.6 Å². The zero-order valence-electron chi connectivity index (χ0n) is 13.6. The first kappa shape index (κ1) is 16.2. The SMILES string of the molecule is Cc1noc(C)c1S(=O)(=O)N1CCN(C)C[C@H]1c1ccccc1. The maximum absolute atomic E-state index is 13.2. The molecule has 0 bridgehead atoms. The van der Waals surface area contributed by atoms with Gasteiger partial charge in [-0.2, -0.15) is 4.31 Å². The Kier molecular flexibility index (Phi) is 4.27. The second-order valence-electron chi connectivity index (χ2n) is 5.96. The lowest BCUT2D eigenvalue weighted by atomic mass is 10.1. The number of hydrogen-bond acceptors (Lipinski definition) is 5. The summed E-state index contributed by atoms with van der Waals surface area (Å²) in [6.45, 7) is 5.11. The predicted octanol–water partition coefficient (Wildman–Crippen LogP) is 1.97. The highest BCUT2D eigenvalue weighted by Gasteiger charge is 2.38. The largest absolute Gasteiger partial charge is 0.360 e. The zero-order chi connectivity index (χ0) is 16.6. The van der Waals surface area contributed by atoms with Crippen LogP contribution in [0.25, 0.3) is 0 Å². The molecule has 6 nitrogen and oxygen atoms in total. The molecule has 0 unspecified atom stereocenters. The van der Waals surface area contributed by atoms with E-state index >= 15 is 0 Å². The summed E-state index contributed by atoms with van der Waals surface area (Å²) in [6.07, 6.45) is 0. The van der Waals surface area contributed by atoms with Crippen LogP contribution < -0.4 is 0 Å². The van der Waals surface area contributed by atoms with E-state index in [1.807, 2.05) is 37.4 Å². The zero-order valence-corrected chi connectivity index (χ0v) is 14.4. The Hall–Kier alpha value is -1.70. The molecule has 1 aliphatic heterocycles. The highest BCUT2D eigenvalue weighted by Crippen LogP contribution is 2.33. The van der Waals surface area contributed by atoms with Crippen LogP contribution in [0.15, 0.2) is 39.8 Å². The summed E-state index contributed by atoms with van der Waals surface area (Å²) in [5.74, 6) is 0.341. The Bertz CT molecular complexity index is 767. The number of piperazine rings is 1. The Labute approximate surface area is 136 Å². The number of rotatable bonds is 3. The number of nitrogens with zero attached hydrogens (tertiary/aromatic N) is 3. The average molecular weight is 335 g/mol. The number of aryl methyl sites for hydroxylation is 2. The van der Waals surface area contributed by atoms with Gasteiger partial charge >= 0.3 is 0 Å². The van der Waals surface area contributed by atoms with Crippen LogP contribution in [0, 0.1) is 13.8 Å². The van der Waals surface area contributed by atoms with E-state index in [1.165, 1.54) is 0 Å². The van der Waals surface area contributed by atoms with E-state index in [1.54, 1.807) is 18.2 Å². The lowest BCUT2D eigenvalue weighted by molar-refractivity contribution is 0.160. The first-order valence-electron chi connectivity index (χ1n) is 7.59. The van der Waals surface area contributed by atoms with Crippen molar-refractivity contribution < 1.29 is 12.9 Å². The highest BCUT2D eigenvalue weighted by atomic mass is 32.2. The highest BCUT2D eigenvalue weighted by molar-refractivity contribution is 7.89. The average Bonchev–Trinajstić information content (AvgIpc) is 2.87. The fraction of sp³-hybridized carbons (Fsp3) is 0.438. The standard InChI is InChI=1S/C16H21N3O3S/c1-12-16(13(2)22-17-12)23(20,21)19-10-9-18(3)11-15(19)14-7-5-4-6-8-14/h4-8,15H,9-11H2,1-3H3/t15-/m0/s1. The van der Waals surface area contributed by atoms with E-state index in [2.05, 4.69) is 10.1 Å². The van der Waals surface area contributed by atoms with E-state index in [4.69, 9.17) is 4.52 Å². The number of hydrogen-bond donors (Lipinski definition) is 0. The number of benzene rings is 1. The van der Waals surface area contributed by atoms with Crippen LogP contribution in [0.5, 0.6) is 0 Å². The molecule has 0 saturated carbocycles. The van der Waals surface area contributed by atoms with Crippen LogP contribution in [-0.4, -0.2) is 49.5 Å². The van der Waals surface area contributed by atoms with Gasteiger partial charge in [0.05, 0.1) is 6.04 Å². The van der Waals surface area contributed by atoms with Gasteiger partial charge in [0.2, 0.25) is 10.0 Å². The number of likely N-dealkylation sites (N-methyl/N-ethyl adjacent to an activating group) is 1. The molecule has 2 heterocycles. The van der Waals surface area contributed by atoms with Crippen molar-refractivity contribution in [3.8, 4) is 0 Å². The van der Waals surface area contributed by atoms with Gasteiger partial charge < -0.3 is 9.42 Å². The molecule has 1 saturated heterocycles. The van der Waals surface area contributed by atoms with Crippen molar-refractivity contribution in [1.29, 1.82) is 0 Å². The van der Waals surface area contributed by atoms with Gasteiger partial charge in [0.15, 0.2) is 5.76 Å². The second kappa shape index (κ2) is 6.07. The first-order valence-corrected chi connectivity index (χ1v) is 9.03. The van der Waals surface area contributed by atoms with Crippen LogP contribution in [0.3, 0.4) is 0 Å². The molecule has 1 aromatic heterocycles. The van der Waals surface area contributed by atoms with Crippen LogP contribution in [-0.2, 0) is 10.0 Å². The molecule has 0 N–H and O–H groups in total. The van der Waals surface area contributed by atoms with Crippen LogP contribution >= 0.6 is 0 Å². The minimum atomic E-state index is -3.65. The van der Waals surface area contributed by atoms with E-state index < -0.39 is 10.0 Å². The Morgan fingerprint density at radius 2 is 1.87 bits per heavy atom. The first-order chi connectivity index (χ1) is 10.9. The van der Waals surface area contributed by atoms with Gasteiger partial charge in [-0.1, -0.05) is 35.5 Å². The third kappa shape index (κ3) is 2.91. The van der Waals surface area contributed by atoms with Gasteiger partial charge in [0.25, 0.3) is 0 Å². The number of sulfonamides is 1. The molecule has 0 amide bonds. The second-order valence-corrected chi connectivity index (χ2v) is 7.79. The molecular weight excluding hydrogens is 314 g/mol. The maximum atomic E-state index is 13.2. The summed E-state index contributed by atoms with van der Waals surface area (Å²) in [5, 5.41) is 3.80. The summed E-state index contributed by atoms with van der Waals surface area (Å²) in [7, 11) is -1.64. The lowest BCUT2D eigenvalue weighted by Crippen LogP contribution is -2.49. The van der Waals surface area contributed by atoms with Gasteiger partial charge in [-0.3, -0.25) is 0 Å².